The highest BCUT2D eigenvalue weighted by atomic mass is 16.5. The summed E-state index contributed by atoms with van der Waals surface area (Å²) in [7, 11) is 0. The lowest BCUT2D eigenvalue weighted by atomic mass is 10.0. The van der Waals surface area contributed by atoms with Gasteiger partial charge in [-0.1, -0.05) is 36.4 Å². The number of amides is 2. The minimum absolute atomic E-state index is 0.0152. The van der Waals surface area contributed by atoms with E-state index in [1.54, 1.807) is 42.2 Å². The third kappa shape index (κ3) is 4.25. The van der Waals surface area contributed by atoms with E-state index >= 15 is 0 Å². The molecular weight excluding hydrogens is 404 g/mol. The second kappa shape index (κ2) is 9.06. The third-order valence-electron chi connectivity index (χ3n) is 5.49. The number of fused-ring (bicyclic) bond motifs is 1. The molecule has 0 saturated carbocycles. The monoisotopic (exact) mass is 428 g/mol. The van der Waals surface area contributed by atoms with Crippen molar-refractivity contribution in [2.75, 3.05) is 23.4 Å². The average molecular weight is 428 g/mol. The molecule has 32 heavy (non-hydrogen) atoms. The maximum absolute atomic E-state index is 13.0. The molecule has 2 amide bonds. The van der Waals surface area contributed by atoms with Crippen LogP contribution in [0.2, 0.25) is 0 Å². The zero-order chi connectivity index (χ0) is 22.7. The fraction of sp³-hybridized carbons (Fsp3) is 0.192. The molecule has 3 aromatic carbocycles. The fourth-order valence-electron chi connectivity index (χ4n) is 3.91. The van der Waals surface area contributed by atoms with E-state index in [0.29, 0.717) is 29.8 Å². The van der Waals surface area contributed by atoms with Crippen molar-refractivity contribution in [1.82, 2.24) is 0 Å². The van der Waals surface area contributed by atoms with E-state index in [9.17, 15) is 14.4 Å². The summed E-state index contributed by atoms with van der Waals surface area (Å²) in [5.41, 5.74) is 4.77. The van der Waals surface area contributed by atoms with Crippen molar-refractivity contribution in [3.63, 3.8) is 0 Å². The number of esters is 1. The van der Waals surface area contributed by atoms with Gasteiger partial charge in [-0.2, -0.15) is 0 Å². The van der Waals surface area contributed by atoms with Crippen molar-refractivity contribution < 1.29 is 19.1 Å². The molecule has 1 aliphatic rings. The Kier molecular flexibility index (Phi) is 6.03. The van der Waals surface area contributed by atoms with Crippen LogP contribution in [0.15, 0.2) is 66.7 Å². The van der Waals surface area contributed by atoms with Crippen LogP contribution in [0.1, 0.15) is 40.1 Å². The number of hydrogen-bond donors (Lipinski definition) is 1. The molecule has 162 valence electrons. The molecule has 0 atom stereocenters. The quantitative estimate of drug-likeness (QED) is 0.598. The molecule has 0 saturated heterocycles. The van der Waals surface area contributed by atoms with E-state index in [4.69, 9.17) is 4.74 Å². The molecular formula is C26H24N2O4. The normalized spacial score (nSPS) is 12.2. The van der Waals surface area contributed by atoms with Crippen LogP contribution < -0.4 is 10.2 Å². The van der Waals surface area contributed by atoms with E-state index in [1.165, 1.54) is 6.92 Å². The van der Waals surface area contributed by atoms with Gasteiger partial charge in [0.25, 0.3) is 5.91 Å². The summed E-state index contributed by atoms with van der Waals surface area (Å²) in [4.78, 5) is 39.0. The van der Waals surface area contributed by atoms with Crippen LogP contribution in [0.3, 0.4) is 0 Å². The summed E-state index contributed by atoms with van der Waals surface area (Å²) < 4.78 is 5.21. The van der Waals surface area contributed by atoms with Crippen LogP contribution in [0, 0.1) is 0 Å². The van der Waals surface area contributed by atoms with E-state index in [-0.39, 0.29) is 18.4 Å². The van der Waals surface area contributed by atoms with Crippen molar-refractivity contribution in [2.45, 2.75) is 20.3 Å². The Labute approximate surface area is 186 Å². The largest absolute Gasteiger partial charge is 0.462 e. The molecule has 0 unspecified atom stereocenters. The highest BCUT2D eigenvalue weighted by molar-refractivity contribution is 6.09. The zero-order valence-electron chi connectivity index (χ0n) is 18.1. The first-order valence-electron chi connectivity index (χ1n) is 10.6. The SMILES string of the molecule is CCOC(=O)c1cc(-c2ccccc2)ccc1NC(=O)c1ccc2c(c1)CCN2C(C)=O. The van der Waals surface area contributed by atoms with Crippen molar-refractivity contribution in [2.24, 2.45) is 0 Å². The Balaban J connectivity index is 1.63. The van der Waals surface area contributed by atoms with Crippen molar-refractivity contribution in [3.8, 4) is 11.1 Å². The Morgan fingerprint density at radius 3 is 2.47 bits per heavy atom. The number of rotatable bonds is 5. The molecule has 0 bridgehead atoms. The van der Waals surface area contributed by atoms with Gasteiger partial charge >= 0.3 is 5.97 Å². The Morgan fingerprint density at radius 2 is 1.75 bits per heavy atom. The lowest BCUT2D eigenvalue weighted by Gasteiger charge is -2.15. The smallest absolute Gasteiger partial charge is 0.340 e. The van der Waals surface area contributed by atoms with Gasteiger partial charge in [-0.25, -0.2) is 4.79 Å². The number of anilines is 2. The molecule has 6 nitrogen and oxygen atoms in total. The molecule has 0 aliphatic carbocycles. The van der Waals surface area contributed by atoms with Crippen molar-refractivity contribution in [3.05, 3.63) is 83.4 Å². The van der Waals surface area contributed by atoms with E-state index in [0.717, 1.165) is 22.4 Å². The Morgan fingerprint density at radius 1 is 0.969 bits per heavy atom. The Hall–Kier alpha value is -3.93. The van der Waals surface area contributed by atoms with Gasteiger partial charge in [-0.3, -0.25) is 9.59 Å². The minimum Gasteiger partial charge on any atom is -0.462 e. The maximum Gasteiger partial charge on any atom is 0.340 e. The van der Waals surface area contributed by atoms with Crippen LogP contribution in [-0.2, 0) is 16.0 Å². The average Bonchev–Trinajstić information content (AvgIpc) is 3.23. The highest BCUT2D eigenvalue weighted by Gasteiger charge is 2.24. The second-order valence-electron chi connectivity index (χ2n) is 7.57. The number of ether oxygens (including phenoxy) is 1. The van der Waals surface area contributed by atoms with E-state index < -0.39 is 5.97 Å². The minimum atomic E-state index is -0.494. The summed E-state index contributed by atoms with van der Waals surface area (Å²) in [6, 6.07) is 20.3. The number of hydrogen-bond acceptors (Lipinski definition) is 4. The summed E-state index contributed by atoms with van der Waals surface area (Å²) in [5.74, 6) is -0.836. The third-order valence-corrected chi connectivity index (χ3v) is 5.49. The summed E-state index contributed by atoms with van der Waals surface area (Å²) in [5, 5.41) is 2.85. The van der Waals surface area contributed by atoms with Gasteiger partial charge in [0.15, 0.2) is 0 Å². The first-order valence-corrected chi connectivity index (χ1v) is 10.6. The Bertz CT molecular complexity index is 1190. The molecule has 1 aliphatic heterocycles. The molecule has 0 radical (unpaired) electrons. The topological polar surface area (TPSA) is 75.7 Å². The van der Waals surface area contributed by atoms with Gasteiger partial charge in [-0.05, 0) is 60.4 Å². The molecule has 3 aromatic rings. The van der Waals surface area contributed by atoms with Crippen LogP contribution in [0.5, 0.6) is 0 Å². The van der Waals surface area contributed by atoms with Crippen LogP contribution in [-0.4, -0.2) is 30.9 Å². The second-order valence-corrected chi connectivity index (χ2v) is 7.57. The van der Waals surface area contributed by atoms with Crippen LogP contribution >= 0.6 is 0 Å². The van der Waals surface area contributed by atoms with Gasteiger partial charge in [0.05, 0.1) is 17.9 Å². The predicted molar refractivity (Wildman–Crippen MR) is 124 cm³/mol. The van der Waals surface area contributed by atoms with E-state index in [2.05, 4.69) is 5.32 Å². The first kappa shape index (κ1) is 21.3. The summed E-state index contributed by atoms with van der Waals surface area (Å²) >= 11 is 0. The molecule has 0 aromatic heterocycles. The van der Waals surface area contributed by atoms with Gasteiger partial charge in [-0.15, -0.1) is 0 Å². The summed E-state index contributed by atoms with van der Waals surface area (Å²) in [6.07, 6.45) is 0.704. The van der Waals surface area contributed by atoms with Crippen LogP contribution in [0.25, 0.3) is 11.1 Å². The number of carbonyl (C=O) groups is 3. The summed E-state index contributed by atoms with van der Waals surface area (Å²) in [6.45, 7) is 4.13. The number of nitrogens with zero attached hydrogens (tertiary/aromatic N) is 1. The molecule has 1 N–H and O–H groups in total. The van der Waals surface area contributed by atoms with Crippen molar-refractivity contribution >= 4 is 29.2 Å². The number of benzene rings is 3. The van der Waals surface area contributed by atoms with Gasteiger partial charge < -0.3 is 15.0 Å². The number of nitrogens with one attached hydrogen (secondary N) is 1. The zero-order valence-corrected chi connectivity index (χ0v) is 18.1. The molecule has 1 heterocycles. The van der Waals surface area contributed by atoms with Crippen molar-refractivity contribution in [1.29, 1.82) is 0 Å². The molecule has 0 spiro atoms. The predicted octanol–water partition coefficient (Wildman–Crippen LogP) is 4.69. The molecule has 6 heteroatoms. The van der Waals surface area contributed by atoms with Crippen LogP contribution in [0.4, 0.5) is 11.4 Å². The van der Waals surface area contributed by atoms with Gasteiger partial charge in [0, 0.05) is 24.7 Å². The van der Waals surface area contributed by atoms with Gasteiger partial charge in [0.2, 0.25) is 5.91 Å². The van der Waals surface area contributed by atoms with E-state index in [1.807, 2.05) is 36.4 Å². The number of carbonyl (C=O) groups excluding carboxylic acids is 3. The van der Waals surface area contributed by atoms with Gasteiger partial charge in [0.1, 0.15) is 0 Å². The fourth-order valence-corrected chi connectivity index (χ4v) is 3.91. The maximum atomic E-state index is 13.0. The molecule has 0 fully saturated rings. The first-order chi connectivity index (χ1) is 15.5. The lowest BCUT2D eigenvalue weighted by molar-refractivity contribution is -0.116. The highest BCUT2D eigenvalue weighted by Crippen LogP contribution is 2.30. The standard InChI is InChI=1S/C26H24N2O4/c1-3-32-26(31)22-16-19(18-7-5-4-6-8-18)9-11-23(22)27-25(30)21-10-12-24-20(15-21)13-14-28(24)17(2)29/h4-12,15-16H,3,13-14H2,1-2H3,(H,27,30). The molecule has 4 rings (SSSR count). The lowest BCUT2D eigenvalue weighted by Crippen LogP contribution is -2.25.